The number of amides is 1. The maximum absolute atomic E-state index is 12.8. The largest absolute Gasteiger partial charge is 0.389 e. The maximum Gasteiger partial charge on any atom is 0.273 e. The molecule has 1 aliphatic rings. The van der Waals surface area contributed by atoms with Crippen LogP contribution in [0.2, 0.25) is 0 Å². The zero-order valence-corrected chi connectivity index (χ0v) is 17.7. The van der Waals surface area contributed by atoms with Crippen molar-refractivity contribution in [2.75, 3.05) is 31.1 Å². The number of carbonyl (C=O) groups is 1. The first kappa shape index (κ1) is 22.1. The Morgan fingerprint density at radius 2 is 2.13 bits per heavy atom. The Bertz CT molecular complexity index is 866. The monoisotopic (exact) mass is 435 g/mol. The molecule has 0 aliphatic carbocycles. The number of aliphatic hydroxyl groups is 1. The van der Waals surface area contributed by atoms with Crippen LogP contribution in [0.3, 0.4) is 0 Å². The highest BCUT2D eigenvalue weighted by Gasteiger charge is 2.28. The van der Waals surface area contributed by atoms with E-state index in [1.54, 1.807) is 22.4 Å². The Balaban J connectivity index is 1.45. The minimum atomic E-state index is -0.446. The average molecular weight is 436 g/mol. The van der Waals surface area contributed by atoms with Gasteiger partial charge in [-0.1, -0.05) is 0 Å². The van der Waals surface area contributed by atoms with Crippen LogP contribution in [0.4, 0.5) is 10.8 Å². The van der Waals surface area contributed by atoms with Crippen LogP contribution in [0.25, 0.3) is 0 Å². The molecule has 1 aromatic heterocycles. The van der Waals surface area contributed by atoms with Gasteiger partial charge in [0.05, 0.1) is 17.6 Å². The number of hydrogen-bond donors (Lipinski definition) is 2. The van der Waals surface area contributed by atoms with Crippen LogP contribution in [0, 0.1) is 10.1 Å². The molecule has 0 radical (unpaired) electrons. The van der Waals surface area contributed by atoms with Gasteiger partial charge in [0, 0.05) is 49.7 Å². The van der Waals surface area contributed by atoms with Crippen molar-refractivity contribution < 1.29 is 19.7 Å². The number of nitro benzene ring substituents is 1. The van der Waals surface area contributed by atoms with Gasteiger partial charge < -0.3 is 14.9 Å². The van der Waals surface area contributed by atoms with E-state index in [0.29, 0.717) is 31.9 Å². The number of aliphatic hydroxyl groups excluding tert-OH is 1. The summed E-state index contributed by atoms with van der Waals surface area (Å²) in [4.78, 5) is 36.5. The summed E-state index contributed by atoms with van der Waals surface area (Å²) >= 11 is 1.40. The van der Waals surface area contributed by atoms with Crippen molar-refractivity contribution in [1.82, 2.24) is 15.4 Å². The Morgan fingerprint density at radius 3 is 2.73 bits per heavy atom. The molecule has 1 saturated heterocycles. The van der Waals surface area contributed by atoms with Gasteiger partial charge >= 0.3 is 0 Å². The number of β-amino-alcohol motifs (C(OH)–C–C–N with tert-alkyl or cyclic N) is 1. The van der Waals surface area contributed by atoms with Crippen LogP contribution in [0.15, 0.2) is 29.6 Å². The highest BCUT2D eigenvalue weighted by Crippen LogP contribution is 2.25. The predicted octanol–water partition coefficient (Wildman–Crippen LogP) is 1.80. The molecule has 2 N–H and O–H groups in total. The van der Waals surface area contributed by atoms with Gasteiger partial charge in [-0.3, -0.25) is 19.7 Å². The molecule has 2 heterocycles. The Kier molecular flexibility index (Phi) is 7.32. The molecular weight excluding hydrogens is 410 g/mol. The fourth-order valence-electron chi connectivity index (χ4n) is 2.95. The molecule has 10 nitrogen and oxygen atoms in total. The molecule has 162 valence electrons. The minimum absolute atomic E-state index is 0.00930. The van der Waals surface area contributed by atoms with Crippen LogP contribution < -0.4 is 10.4 Å². The van der Waals surface area contributed by atoms with E-state index in [2.05, 4.69) is 10.5 Å². The lowest BCUT2D eigenvalue weighted by molar-refractivity contribution is -0.384. The van der Waals surface area contributed by atoms with Gasteiger partial charge in [0.1, 0.15) is 5.69 Å². The number of thiazole rings is 1. The molecular formula is C19H25N5O5S. The van der Waals surface area contributed by atoms with Crippen molar-refractivity contribution >= 4 is 28.1 Å². The predicted molar refractivity (Wildman–Crippen MR) is 112 cm³/mol. The molecule has 1 aromatic carbocycles. The summed E-state index contributed by atoms with van der Waals surface area (Å²) < 4.78 is 0. The van der Waals surface area contributed by atoms with Gasteiger partial charge in [-0.15, -0.1) is 11.3 Å². The third-order valence-corrected chi connectivity index (χ3v) is 5.57. The van der Waals surface area contributed by atoms with Crippen LogP contribution in [0.5, 0.6) is 0 Å². The van der Waals surface area contributed by atoms with E-state index in [-0.39, 0.29) is 30.3 Å². The molecule has 1 fully saturated rings. The third kappa shape index (κ3) is 5.51. The maximum atomic E-state index is 12.8. The van der Waals surface area contributed by atoms with Crippen molar-refractivity contribution in [2.24, 2.45) is 0 Å². The molecule has 0 saturated carbocycles. The number of nitro groups is 1. The van der Waals surface area contributed by atoms with Gasteiger partial charge in [-0.25, -0.2) is 10.5 Å². The zero-order chi connectivity index (χ0) is 21.7. The van der Waals surface area contributed by atoms with Crippen molar-refractivity contribution in [1.29, 1.82) is 0 Å². The van der Waals surface area contributed by atoms with E-state index in [9.17, 15) is 20.0 Å². The van der Waals surface area contributed by atoms with Crippen molar-refractivity contribution in [3.05, 3.63) is 51.0 Å². The van der Waals surface area contributed by atoms with E-state index in [0.717, 1.165) is 10.7 Å². The van der Waals surface area contributed by atoms with Gasteiger partial charge in [-0.05, 0) is 31.5 Å². The molecule has 0 spiro atoms. The van der Waals surface area contributed by atoms with E-state index >= 15 is 0 Å². The summed E-state index contributed by atoms with van der Waals surface area (Å²) in [6.45, 7) is 6.09. The number of carbonyl (C=O) groups excluding carboxylic acids is 1. The lowest BCUT2D eigenvalue weighted by Crippen LogP contribution is -2.50. The molecule has 1 aliphatic heterocycles. The van der Waals surface area contributed by atoms with Crippen molar-refractivity contribution in [2.45, 2.75) is 32.6 Å². The molecule has 30 heavy (non-hydrogen) atoms. The first-order chi connectivity index (χ1) is 14.3. The second kappa shape index (κ2) is 9.94. The van der Waals surface area contributed by atoms with Crippen LogP contribution in [0.1, 0.15) is 29.9 Å². The lowest BCUT2D eigenvalue weighted by Gasteiger charge is -2.35. The highest BCUT2D eigenvalue weighted by atomic mass is 32.1. The summed E-state index contributed by atoms with van der Waals surface area (Å²) in [5, 5.41) is 22.6. The number of rotatable bonds is 10. The van der Waals surface area contributed by atoms with Crippen LogP contribution in [-0.2, 0) is 11.4 Å². The van der Waals surface area contributed by atoms with Crippen molar-refractivity contribution in [3.8, 4) is 0 Å². The summed E-state index contributed by atoms with van der Waals surface area (Å²) in [5.41, 5.74) is 4.07. The van der Waals surface area contributed by atoms with E-state index in [1.807, 2.05) is 18.7 Å². The standard InChI is InChI=1S/C19H25N5O5S/c1-13(2)23(18(26)17-12-30-19(21-17)22-9-16(25)10-22)8-7-20-29-11-14-3-5-15(6-4-14)24(27)28/h3-6,12-13,16,20,25H,7-11H2,1-2H3. The van der Waals surface area contributed by atoms with Gasteiger partial charge in [0.25, 0.3) is 11.6 Å². The molecule has 0 atom stereocenters. The Labute approximate surface area is 178 Å². The van der Waals surface area contributed by atoms with Crippen LogP contribution >= 0.6 is 11.3 Å². The SMILES string of the molecule is CC(C)N(CCNOCc1ccc([N+](=O)[O-])cc1)C(=O)c1csc(N2CC(O)C2)n1. The summed E-state index contributed by atoms with van der Waals surface area (Å²) in [5.74, 6) is -0.147. The van der Waals surface area contributed by atoms with Gasteiger partial charge in [0.15, 0.2) is 5.13 Å². The first-order valence-corrected chi connectivity index (χ1v) is 10.5. The summed E-state index contributed by atoms with van der Waals surface area (Å²) in [6, 6.07) is 6.13. The number of nitrogens with one attached hydrogen (secondary N) is 1. The number of benzene rings is 1. The van der Waals surface area contributed by atoms with Gasteiger partial charge in [0.2, 0.25) is 0 Å². The molecule has 3 rings (SSSR count). The van der Waals surface area contributed by atoms with E-state index < -0.39 is 4.92 Å². The minimum Gasteiger partial charge on any atom is -0.389 e. The number of nitrogens with zero attached hydrogens (tertiary/aromatic N) is 4. The quantitative estimate of drug-likeness (QED) is 0.329. The second-order valence-corrected chi connectivity index (χ2v) is 8.11. The fraction of sp³-hybridized carbons (Fsp3) is 0.474. The topological polar surface area (TPSA) is 121 Å². The summed E-state index contributed by atoms with van der Waals surface area (Å²) in [7, 11) is 0. The number of anilines is 1. The number of hydroxylamine groups is 1. The molecule has 11 heteroatoms. The highest BCUT2D eigenvalue weighted by molar-refractivity contribution is 7.14. The number of aromatic nitrogens is 1. The van der Waals surface area contributed by atoms with E-state index in [1.165, 1.54) is 23.5 Å². The van der Waals surface area contributed by atoms with Crippen LogP contribution in [-0.4, -0.2) is 64.1 Å². The number of hydrogen-bond acceptors (Lipinski definition) is 9. The Morgan fingerprint density at radius 1 is 1.43 bits per heavy atom. The first-order valence-electron chi connectivity index (χ1n) is 9.62. The average Bonchev–Trinajstić information content (AvgIpc) is 3.17. The molecule has 2 aromatic rings. The summed E-state index contributed by atoms with van der Waals surface area (Å²) in [6.07, 6.45) is -0.322. The molecule has 0 unspecified atom stereocenters. The smallest absolute Gasteiger partial charge is 0.273 e. The van der Waals surface area contributed by atoms with Gasteiger partial charge in [-0.2, -0.15) is 0 Å². The lowest BCUT2D eigenvalue weighted by atomic mass is 10.2. The molecule has 1 amide bonds. The normalized spacial score (nSPS) is 14.1. The van der Waals surface area contributed by atoms with Crippen molar-refractivity contribution in [3.63, 3.8) is 0 Å². The zero-order valence-electron chi connectivity index (χ0n) is 16.9. The third-order valence-electron chi connectivity index (χ3n) is 4.67. The Hall–Kier alpha value is -2.60. The number of non-ortho nitro benzene ring substituents is 1. The molecule has 0 bridgehead atoms. The second-order valence-electron chi connectivity index (χ2n) is 7.27. The fourth-order valence-corrected chi connectivity index (χ4v) is 3.77. The van der Waals surface area contributed by atoms with E-state index in [4.69, 9.17) is 4.84 Å².